The SMILES string of the molecule is CCOC(=O)c1cc2cc(C(=O)N3CCN(C(=O)c4cccc(C(F)(F)F)c4)CC3)ccc2[nH]1. The van der Waals surface area contributed by atoms with Gasteiger partial charge in [0.2, 0.25) is 0 Å². The highest BCUT2D eigenvalue weighted by atomic mass is 19.4. The Morgan fingerprint density at radius 1 is 0.912 bits per heavy atom. The minimum absolute atomic E-state index is 0.0371. The van der Waals surface area contributed by atoms with Crippen molar-refractivity contribution in [3.05, 3.63) is 70.9 Å². The van der Waals surface area contributed by atoms with Gasteiger partial charge in [0, 0.05) is 48.2 Å². The average Bonchev–Trinajstić information content (AvgIpc) is 3.27. The fourth-order valence-electron chi connectivity index (χ4n) is 3.89. The smallest absolute Gasteiger partial charge is 0.416 e. The van der Waals surface area contributed by atoms with Crippen molar-refractivity contribution >= 4 is 28.7 Å². The third-order valence-electron chi connectivity index (χ3n) is 5.65. The Balaban J connectivity index is 1.42. The third-order valence-corrected chi connectivity index (χ3v) is 5.65. The lowest BCUT2D eigenvalue weighted by atomic mass is 10.1. The van der Waals surface area contributed by atoms with Crippen LogP contribution in [-0.2, 0) is 10.9 Å². The number of carbonyl (C=O) groups excluding carboxylic acids is 3. The van der Waals surface area contributed by atoms with Gasteiger partial charge in [0.15, 0.2) is 0 Å². The van der Waals surface area contributed by atoms with Gasteiger partial charge >= 0.3 is 12.1 Å². The van der Waals surface area contributed by atoms with Crippen LogP contribution in [0.3, 0.4) is 0 Å². The van der Waals surface area contributed by atoms with Gasteiger partial charge < -0.3 is 19.5 Å². The van der Waals surface area contributed by atoms with E-state index in [1.54, 1.807) is 36.1 Å². The van der Waals surface area contributed by atoms with Crippen molar-refractivity contribution in [3.8, 4) is 0 Å². The first-order valence-corrected chi connectivity index (χ1v) is 10.7. The quantitative estimate of drug-likeness (QED) is 0.582. The van der Waals surface area contributed by atoms with Crippen molar-refractivity contribution in [3.63, 3.8) is 0 Å². The first kappa shape index (κ1) is 23.3. The van der Waals surface area contributed by atoms with Crippen LogP contribution in [-0.4, -0.2) is 65.4 Å². The van der Waals surface area contributed by atoms with Crippen LogP contribution < -0.4 is 0 Å². The minimum atomic E-state index is -4.53. The molecule has 0 bridgehead atoms. The molecule has 1 fully saturated rings. The molecular weight excluding hydrogens is 451 g/mol. The molecule has 0 saturated carbocycles. The number of esters is 1. The topological polar surface area (TPSA) is 82.7 Å². The van der Waals surface area contributed by atoms with Gasteiger partial charge in [-0.2, -0.15) is 13.2 Å². The van der Waals surface area contributed by atoms with Gasteiger partial charge in [0.05, 0.1) is 12.2 Å². The number of aromatic nitrogens is 1. The number of amides is 2. The van der Waals surface area contributed by atoms with Gasteiger partial charge in [-0.3, -0.25) is 9.59 Å². The van der Waals surface area contributed by atoms with Gasteiger partial charge in [-0.1, -0.05) is 6.07 Å². The molecular formula is C24H22F3N3O4. The fraction of sp³-hybridized carbons (Fsp3) is 0.292. The fourth-order valence-corrected chi connectivity index (χ4v) is 3.89. The first-order valence-electron chi connectivity index (χ1n) is 10.7. The summed E-state index contributed by atoms with van der Waals surface area (Å²) in [5.74, 6) is -1.21. The normalized spacial score (nSPS) is 14.4. The van der Waals surface area contributed by atoms with Gasteiger partial charge in [0.1, 0.15) is 5.69 Å². The van der Waals surface area contributed by atoms with Crippen molar-refractivity contribution in [2.24, 2.45) is 0 Å². The number of nitrogens with one attached hydrogen (secondary N) is 1. The van der Waals surface area contributed by atoms with E-state index in [9.17, 15) is 27.6 Å². The summed E-state index contributed by atoms with van der Waals surface area (Å²) in [6, 6.07) is 11.0. The lowest BCUT2D eigenvalue weighted by Crippen LogP contribution is -2.50. The van der Waals surface area contributed by atoms with Crippen LogP contribution >= 0.6 is 0 Å². The Kier molecular flexibility index (Phi) is 6.32. The van der Waals surface area contributed by atoms with Crippen molar-refractivity contribution < 1.29 is 32.3 Å². The zero-order valence-electron chi connectivity index (χ0n) is 18.3. The number of carbonyl (C=O) groups is 3. The number of H-pyrrole nitrogens is 1. The molecule has 0 radical (unpaired) electrons. The lowest BCUT2D eigenvalue weighted by Gasteiger charge is -2.35. The molecule has 34 heavy (non-hydrogen) atoms. The maximum Gasteiger partial charge on any atom is 0.416 e. The van der Waals surface area contributed by atoms with Crippen molar-refractivity contribution in [2.75, 3.05) is 32.8 Å². The molecule has 4 rings (SSSR count). The predicted octanol–water partition coefficient (Wildman–Crippen LogP) is 3.96. The molecule has 1 aliphatic heterocycles. The zero-order valence-corrected chi connectivity index (χ0v) is 18.3. The maximum atomic E-state index is 13.0. The maximum absolute atomic E-state index is 13.0. The molecule has 1 N–H and O–H groups in total. The number of ether oxygens (including phenoxy) is 1. The van der Waals surface area contributed by atoms with Gasteiger partial charge in [0.25, 0.3) is 11.8 Å². The van der Waals surface area contributed by atoms with Crippen molar-refractivity contribution in [1.82, 2.24) is 14.8 Å². The highest BCUT2D eigenvalue weighted by Gasteiger charge is 2.32. The van der Waals surface area contributed by atoms with E-state index in [1.807, 2.05) is 0 Å². The highest BCUT2D eigenvalue weighted by molar-refractivity contribution is 6.01. The van der Waals surface area contributed by atoms with Crippen LogP contribution in [0, 0.1) is 0 Å². The highest BCUT2D eigenvalue weighted by Crippen LogP contribution is 2.30. The predicted molar refractivity (Wildman–Crippen MR) is 118 cm³/mol. The standard InChI is InChI=1S/C24H22F3N3O4/c1-2-34-23(33)20-14-17-12-16(6-7-19(17)28-20)22(32)30-10-8-29(9-11-30)21(31)15-4-3-5-18(13-15)24(25,26)27/h3-7,12-14,28H,2,8-11H2,1H3. The Morgan fingerprint density at radius 2 is 1.53 bits per heavy atom. The van der Waals surface area contributed by atoms with Gasteiger partial charge in [-0.15, -0.1) is 0 Å². The number of hydrogen-bond acceptors (Lipinski definition) is 4. The number of hydrogen-bond donors (Lipinski definition) is 1. The summed E-state index contributed by atoms with van der Waals surface area (Å²) in [6.07, 6.45) is -4.53. The molecule has 2 aromatic carbocycles. The number of benzene rings is 2. The molecule has 3 aromatic rings. The molecule has 10 heteroatoms. The van der Waals surface area contributed by atoms with Crippen LogP contribution in [0.4, 0.5) is 13.2 Å². The Labute approximate surface area is 193 Å². The lowest BCUT2D eigenvalue weighted by molar-refractivity contribution is -0.137. The molecule has 0 aliphatic carbocycles. The second-order valence-electron chi connectivity index (χ2n) is 7.87. The van der Waals surface area contributed by atoms with E-state index in [-0.39, 0.29) is 44.3 Å². The number of piperazine rings is 1. The van der Waals surface area contributed by atoms with E-state index in [0.717, 1.165) is 12.1 Å². The van der Waals surface area contributed by atoms with Crippen LogP contribution in [0.5, 0.6) is 0 Å². The van der Waals surface area contributed by atoms with Crippen molar-refractivity contribution in [1.29, 1.82) is 0 Å². The molecule has 178 valence electrons. The molecule has 0 unspecified atom stereocenters. The van der Waals surface area contributed by atoms with Crippen LogP contribution in [0.25, 0.3) is 10.9 Å². The summed E-state index contributed by atoms with van der Waals surface area (Å²) in [5.41, 5.74) is 0.502. The number of aromatic amines is 1. The summed E-state index contributed by atoms with van der Waals surface area (Å²) < 4.78 is 43.8. The van der Waals surface area contributed by atoms with Gasteiger partial charge in [-0.25, -0.2) is 4.79 Å². The molecule has 1 aromatic heterocycles. The van der Waals surface area contributed by atoms with E-state index in [0.29, 0.717) is 22.2 Å². The minimum Gasteiger partial charge on any atom is -0.461 e. The summed E-state index contributed by atoms with van der Waals surface area (Å²) in [7, 11) is 0. The Hall–Kier alpha value is -3.82. The molecule has 0 spiro atoms. The largest absolute Gasteiger partial charge is 0.461 e. The van der Waals surface area contributed by atoms with E-state index in [2.05, 4.69) is 4.98 Å². The van der Waals surface area contributed by atoms with E-state index < -0.39 is 23.6 Å². The summed E-state index contributed by atoms with van der Waals surface area (Å²) in [4.78, 5) is 43.6. The van der Waals surface area contributed by atoms with E-state index >= 15 is 0 Å². The molecule has 0 atom stereocenters. The third kappa shape index (κ3) is 4.75. The number of fused-ring (bicyclic) bond motifs is 1. The van der Waals surface area contributed by atoms with Crippen molar-refractivity contribution in [2.45, 2.75) is 13.1 Å². The molecule has 2 heterocycles. The second-order valence-corrected chi connectivity index (χ2v) is 7.87. The Morgan fingerprint density at radius 3 is 2.12 bits per heavy atom. The zero-order chi connectivity index (χ0) is 24.5. The van der Waals surface area contributed by atoms with Crippen LogP contribution in [0.15, 0.2) is 48.5 Å². The van der Waals surface area contributed by atoms with E-state index in [1.165, 1.54) is 17.0 Å². The molecule has 1 aliphatic rings. The monoisotopic (exact) mass is 473 g/mol. The first-order chi connectivity index (χ1) is 16.2. The molecule has 1 saturated heterocycles. The molecule has 7 nitrogen and oxygen atoms in total. The van der Waals surface area contributed by atoms with Crippen LogP contribution in [0.1, 0.15) is 43.7 Å². The summed E-state index contributed by atoms with van der Waals surface area (Å²) >= 11 is 0. The van der Waals surface area contributed by atoms with Gasteiger partial charge in [-0.05, 0) is 49.4 Å². The van der Waals surface area contributed by atoms with E-state index in [4.69, 9.17) is 4.74 Å². The number of halogens is 3. The van der Waals surface area contributed by atoms with Crippen LogP contribution in [0.2, 0.25) is 0 Å². The Bertz CT molecular complexity index is 1240. The summed E-state index contributed by atoms with van der Waals surface area (Å²) in [6.45, 7) is 2.89. The molecule has 2 amide bonds. The average molecular weight is 473 g/mol. The number of nitrogens with zero attached hydrogens (tertiary/aromatic N) is 2. The second kappa shape index (κ2) is 9.20. The number of alkyl halides is 3. The summed E-state index contributed by atoms with van der Waals surface area (Å²) in [5, 5.41) is 0.687. The number of rotatable bonds is 4.